The van der Waals surface area contributed by atoms with E-state index in [9.17, 15) is 0 Å². The molecular formula is C40H24O2. The average Bonchev–Trinajstić information content (AvgIpc) is 3.43. The van der Waals surface area contributed by atoms with E-state index >= 15 is 0 Å². The number of furan rings is 1. The van der Waals surface area contributed by atoms with Gasteiger partial charge in [-0.15, -0.1) is 0 Å². The summed E-state index contributed by atoms with van der Waals surface area (Å²) in [5.41, 5.74) is 11.3. The smallest absolute Gasteiger partial charge is 0.136 e. The molecule has 0 saturated heterocycles. The second-order valence-corrected chi connectivity index (χ2v) is 10.9. The van der Waals surface area contributed by atoms with Gasteiger partial charge in [0.05, 0.1) is 0 Å². The van der Waals surface area contributed by atoms with Crippen LogP contribution in [-0.4, -0.2) is 0 Å². The molecule has 0 atom stereocenters. The molecule has 2 heterocycles. The van der Waals surface area contributed by atoms with Crippen molar-refractivity contribution in [3.8, 4) is 56.0 Å². The van der Waals surface area contributed by atoms with Crippen LogP contribution in [0.15, 0.2) is 150 Å². The Kier molecular flexibility index (Phi) is 4.93. The van der Waals surface area contributed by atoms with Crippen LogP contribution in [0.3, 0.4) is 0 Å². The van der Waals surface area contributed by atoms with Gasteiger partial charge in [0.25, 0.3) is 0 Å². The van der Waals surface area contributed by atoms with Crippen molar-refractivity contribution in [2.24, 2.45) is 0 Å². The number of para-hydroxylation sites is 2. The molecule has 2 heteroatoms. The summed E-state index contributed by atoms with van der Waals surface area (Å²) in [5.74, 6) is 1.82. The lowest BCUT2D eigenvalue weighted by atomic mass is 9.89. The fourth-order valence-corrected chi connectivity index (χ4v) is 6.46. The normalized spacial score (nSPS) is 12.0. The van der Waals surface area contributed by atoms with Gasteiger partial charge in [-0.1, -0.05) is 109 Å². The van der Waals surface area contributed by atoms with E-state index < -0.39 is 0 Å². The van der Waals surface area contributed by atoms with E-state index in [2.05, 4.69) is 121 Å². The fraction of sp³-hybridized carbons (Fsp3) is 0. The third-order valence-electron chi connectivity index (χ3n) is 8.50. The summed E-state index contributed by atoms with van der Waals surface area (Å²) in [6, 6.07) is 51.4. The van der Waals surface area contributed by atoms with Crippen molar-refractivity contribution in [3.05, 3.63) is 146 Å². The zero-order valence-electron chi connectivity index (χ0n) is 22.7. The molecule has 0 spiro atoms. The molecule has 0 radical (unpaired) electrons. The Morgan fingerprint density at radius 3 is 1.90 bits per heavy atom. The molecule has 1 aliphatic heterocycles. The van der Waals surface area contributed by atoms with E-state index in [4.69, 9.17) is 9.15 Å². The SMILES string of the molecule is c1cc(-c2ccc(-c3ccc4c(c3)oc3ccccc34)cc2)cc(-c2ccc3c4c(cccc24)-c2ccccc2O3)c1. The Morgan fingerprint density at radius 2 is 1.00 bits per heavy atom. The van der Waals surface area contributed by atoms with Crippen LogP contribution in [-0.2, 0) is 0 Å². The minimum absolute atomic E-state index is 0.910. The molecule has 0 N–H and O–H groups in total. The van der Waals surface area contributed by atoms with Crippen molar-refractivity contribution >= 4 is 32.7 Å². The van der Waals surface area contributed by atoms with Gasteiger partial charge in [-0.05, 0) is 80.7 Å². The monoisotopic (exact) mass is 536 g/mol. The summed E-state index contributed by atoms with van der Waals surface area (Å²) in [7, 11) is 0. The molecule has 9 rings (SSSR count). The average molecular weight is 537 g/mol. The standard InChI is InChI=1S/C40H24O2/c1-3-13-36-31(9-1)33-20-19-28(24-39(33)42-36)26-17-15-25(16-18-26)27-7-5-8-29(23-27)30-21-22-38-40-34(30)11-6-12-35(40)32-10-2-4-14-37(32)41-38/h1-24H. The van der Waals surface area contributed by atoms with Crippen molar-refractivity contribution in [3.63, 3.8) is 0 Å². The summed E-state index contributed by atoms with van der Waals surface area (Å²) in [4.78, 5) is 0. The first-order valence-electron chi connectivity index (χ1n) is 14.3. The van der Waals surface area contributed by atoms with E-state index in [-0.39, 0.29) is 0 Å². The van der Waals surface area contributed by atoms with E-state index in [1.807, 2.05) is 24.3 Å². The third-order valence-corrected chi connectivity index (χ3v) is 8.50. The zero-order valence-corrected chi connectivity index (χ0v) is 22.7. The Labute approximate surface area is 243 Å². The topological polar surface area (TPSA) is 22.4 Å². The Bertz CT molecular complexity index is 2320. The minimum atomic E-state index is 0.910. The fourth-order valence-electron chi connectivity index (χ4n) is 6.46. The molecule has 0 aliphatic carbocycles. The lowest BCUT2D eigenvalue weighted by Gasteiger charge is -2.22. The molecule has 7 aromatic carbocycles. The number of benzene rings is 7. The van der Waals surface area contributed by atoms with Gasteiger partial charge >= 0.3 is 0 Å². The highest BCUT2D eigenvalue weighted by Gasteiger charge is 2.21. The number of hydrogen-bond donors (Lipinski definition) is 0. The van der Waals surface area contributed by atoms with Crippen LogP contribution in [0.5, 0.6) is 11.5 Å². The molecule has 196 valence electrons. The molecule has 0 unspecified atom stereocenters. The van der Waals surface area contributed by atoms with Crippen LogP contribution >= 0.6 is 0 Å². The van der Waals surface area contributed by atoms with Gasteiger partial charge in [-0.25, -0.2) is 0 Å². The van der Waals surface area contributed by atoms with Gasteiger partial charge in [0.2, 0.25) is 0 Å². The van der Waals surface area contributed by atoms with Crippen molar-refractivity contribution < 1.29 is 9.15 Å². The van der Waals surface area contributed by atoms with Crippen LogP contribution in [0.4, 0.5) is 0 Å². The maximum absolute atomic E-state index is 6.31. The summed E-state index contributed by atoms with van der Waals surface area (Å²) < 4.78 is 12.4. The Morgan fingerprint density at radius 1 is 0.333 bits per heavy atom. The van der Waals surface area contributed by atoms with E-state index in [1.165, 1.54) is 44.2 Å². The van der Waals surface area contributed by atoms with Gasteiger partial charge in [0, 0.05) is 21.7 Å². The highest BCUT2D eigenvalue weighted by molar-refractivity contribution is 6.10. The Balaban J connectivity index is 1.09. The molecule has 8 aromatic rings. The number of hydrogen-bond acceptors (Lipinski definition) is 2. The molecule has 1 aromatic heterocycles. The van der Waals surface area contributed by atoms with Crippen molar-refractivity contribution in [2.45, 2.75) is 0 Å². The predicted octanol–water partition coefficient (Wildman–Crippen LogP) is 11.5. The Hall–Kier alpha value is -5.60. The second-order valence-electron chi connectivity index (χ2n) is 10.9. The van der Waals surface area contributed by atoms with Crippen LogP contribution in [0.1, 0.15) is 0 Å². The molecule has 0 amide bonds. The summed E-state index contributed by atoms with van der Waals surface area (Å²) in [5, 5.41) is 4.68. The van der Waals surface area contributed by atoms with Gasteiger partial charge in [-0.2, -0.15) is 0 Å². The molecule has 2 nitrogen and oxygen atoms in total. The highest BCUT2D eigenvalue weighted by Crippen LogP contribution is 2.48. The van der Waals surface area contributed by atoms with Gasteiger partial charge in [0.15, 0.2) is 0 Å². The maximum Gasteiger partial charge on any atom is 0.136 e. The van der Waals surface area contributed by atoms with E-state index in [1.54, 1.807) is 0 Å². The predicted molar refractivity (Wildman–Crippen MR) is 173 cm³/mol. The number of fused-ring (bicyclic) bond motifs is 5. The lowest BCUT2D eigenvalue weighted by Crippen LogP contribution is -1.97. The molecule has 0 saturated carbocycles. The number of rotatable bonds is 3. The highest BCUT2D eigenvalue weighted by atomic mass is 16.5. The first-order chi connectivity index (χ1) is 20.8. The third kappa shape index (κ3) is 3.52. The molecule has 42 heavy (non-hydrogen) atoms. The van der Waals surface area contributed by atoms with Gasteiger partial charge in [-0.3, -0.25) is 0 Å². The van der Waals surface area contributed by atoms with E-state index in [0.717, 1.165) is 44.6 Å². The summed E-state index contributed by atoms with van der Waals surface area (Å²) >= 11 is 0. The van der Waals surface area contributed by atoms with Gasteiger partial charge in [0.1, 0.15) is 22.7 Å². The molecule has 0 bridgehead atoms. The van der Waals surface area contributed by atoms with Crippen molar-refractivity contribution in [2.75, 3.05) is 0 Å². The minimum Gasteiger partial charge on any atom is -0.456 e. The zero-order chi connectivity index (χ0) is 27.6. The van der Waals surface area contributed by atoms with Crippen LogP contribution in [0.2, 0.25) is 0 Å². The first-order valence-corrected chi connectivity index (χ1v) is 14.3. The number of ether oxygens (including phenoxy) is 1. The van der Waals surface area contributed by atoms with Crippen LogP contribution in [0, 0.1) is 0 Å². The summed E-state index contributed by atoms with van der Waals surface area (Å²) in [6.45, 7) is 0. The molecule has 1 aliphatic rings. The molecular weight excluding hydrogens is 512 g/mol. The quantitative estimate of drug-likeness (QED) is 0.224. The van der Waals surface area contributed by atoms with E-state index in [0.29, 0.717) is 0 Å². The van der Waals surface area contributed by atoms with Crippen molar-refractivity contribution in [1.82, 2.24) is 0 Å². The second kappa shape index (κ2) is 8.95. The lowest BCUT2D eigenvalue weighted by molar-refractivity contribution is 0.487. The molecule has 0 fully saturated rings. The van der Waals surface area contributed by atoms with Gasteiger partial charge < -0.3 is 9.15 Å². The summed E-state index contributed by atoms with van der Waals surface area (Å²) in [6.07, 6.45) is 0. The van der Waals surface area contributed by atoms with Crippen LogP contribution < -0.4 is 4.74 Å². The van der Waals surface area contributed by atoms with Crippen LogP contribution in [0.25, 0.3) is 77.2 Å². The van der Waals surface area contributed by atoms with Crippen molar-refractivity contribution in [1.29, 1.82) is 0 Å². The maximum atomic E-state index is 6.31. The largest absolute Gasteiger partial charge is 0.456 e. The first kappa shape index (κ1) is 23.1.